The van der Waals surface area contributed by atoms with Crippen LogP contribution in [0, 0.1) is 11.1 Å². The molecule has 23 heavy (non-hydrogen) atoms. The molecule has 0 bridgehead atoms. The Balaban J connectivity index is 1.72. The standard InChI is InChI=1S/C18H22N2O3/c1-11(21)23-10-12-6-15-14-4-3-5-16-18(14)13(8-19-16)7-17(15)20(2,22)9-12/h3-5,8,12,15,17,19H,6-7,9-10H2,1-2H3/t12-,15-,17-,20?/m1/s1. The predicted molar refractivity (Wildman–Crippen MR) is 87.7 cm³/mol. The van der Waals surface area contributed by atoms with Crippen LogP contribution in [0.25, 0.3) is 10.9 Å². The number of aromatic amines is 1. The van der Waals surface area contributed by atoms with Gasteiger partial charge in [0.15, 0.2) is 0 Å². The molecule has 5 nitrogen and oxygen atoms in total. The molecule has 4 rings (SSSR count). The number of hydrogen-bond donors (Lipinski definition) is 1. The average Bonchev–Trinajstić information content (AvgIpc) is 2.91. The first-order valence-corrected chi connectivity index (χ1v) is 8.24. The number of likely N-dealkylation sites (tertiary alicyclic amines) is 1. The quantitative estimate of drug-likeness (QED) is 0.526. The lowest BCUT2D eigenvalue weighted by molar-refractivity contribution is -0.897. The third-order valence-electron chi connectivity index (χ3n) is 5.54. The predicted octanol–water partition coefficient (Wildman–Crippen LogP) is 2.70. The Labute approximate surface area is 135 Å². The van der Waals surface area contributed by atoms with Gasteiger partial charge in [0.1, 0.15) is 0 Å². The van der Waals surface area contributed by atoms with Gasteiger partial charge in [-0.15, -0.1) is 0 Å². The molecular formula is C18H22N2O3. The highest BCUT2D eigenvalue weighted by molar-refractivity contribution is 5.88. The van der Waals surface area contributed by atoms with Crippen LogP contribution in [0.2, 0.25) is 0 Å². The van der Waals surface area contributed by atoms with Gasteiger partial charge in [0.25, 0.3) is 0 Å². The van der Waals surface area contributed by atoms with E-state index in [0.717, 1.165) is 18.4 Å². The first kappa shape index (κ1) is 14.7. The van der Waals surface area contributed by atoms with Gasteiger partial charge in [0.05, 0.1) is 26.2 Å². The van der Waals surface area contributed by atoms with Crippen LogP contribution in [0.3, 0.4) is 0 Å². The lowest BCUT2D eigenvalue weighted by Crippen LogP contribution is -2.58. The summed E-state index contributed by atoms with van der Waals surface area (Å²) in [6.07, 6.45) is 3.79. The second kappa shape index (κ2) is 5.08. The van der Waals surface area contributed by atoms with Gasteiger partial charge >= 0.3 is 5.97 Å². The number of aromatic nitrogens is 1. The van der Waals surface area contributed by atoms with E-state index in [1.54, 1.807) is 7.05 Å². The SMILES string of the molecule is CC(=O)OC[C@@H]1C[C@@H]2c3cccc4[nH]cc(c34)C[C@H]2[N+](C)([O-])C1. The van der Waals surface area contributed by atoms with E-state index < -0.39 is 0 Å². The molecular weight excluding hydrogens is 292 g/mol. The minimum atomic E-state index is -0.272. The summed E-state index contributed by atoms with van der Waals surface area (Å²) in [6.45, 7) is 2.29. The summed E-state index contributed by atoms with van der Waals surface area (Å²) in [5, 5.41) is 14.5. The van der Waals surface area contributed by atoms with E-state index in [9.17, 15) is 10.0 Å². The Bertz CT molecular complexity index is 765. The topological polar surface area (TPSA) is 65.2 Å². The zero-order valence-electron chi connectivity index (χ0n) is 13.5. The molecule has 0 spiro atoms. The molecule has 2 aliphatic rings. The maximum absolute atomic E-state index is 13.2. The molecule has 1 aromatic heterocycles. The maximum atomic E-state index is 13.2. The zero-order chi connectivity index (χ0) is 16.2. The van der Waals surface area contributed by atoms with E-state index in [0.29, 0.717) is 13.2 Å². The highest BCUT2D eigenvalue weighted by atomic mass is 16.5. The molecule has 2 heterocycles. The van der Waals surface area contributed by atoms with Gasteiger partial charge in [-0.2, -0.15) is 0 Å². The molecule has 1 fully saturated rings. The number of piperidine rings is 1. The summed E-state index contributed by atoms with van der Waals surface area (Å²) >= 11 is 0. The Kier molecular flexibility index (Phi) is 3.25. The fourth-order valence-corrected chi connectivity index (χ4v) is 4.63. The molecule has 1 unspecified atom stereocenters. The zero-order valence-corrected chi connectivity index (χ0v) is 13.5. The fourth-order valence-electron chi connectivity index (χ4n) is 4.63. The number of quaternary nitrogens is 1. The maximum Gasteiger partial charge on any atom is 0.302 e. The molecule has 0 amide bonds. The molecule has 5 heteroatoms. The third kappa shape index (κ3) is 2.35. The smallest absolute Gasteiger partial charge is 0.302 e. The number of nitrogens with zero attached hydrogens (tertiary/aromatic N) is 1. The molecule has 1 aromatic carbocycles. The van der Waals surface area contributed by atoms with E-state index in [-0.39, 0.29) is 28.5 Å². The van der Waals surface area contributed by atoms with Crippen molar-refractivity contribution in [3.8, 4) is 0 Å². The average molecular weight is 314 g/mol. The van der Waals surface area contributed by atoms with Crippen molar-refractivity contribution in [3.05, 3.63) is 40.7 Å². The number of hydrogen-bond acceptors (Lipinski definition) is 3. The third-order valence-corrected chi connectivity index (χ3v) is 5.54. The molecule has 0 saturated carbocycles. The highest BCUT2D eigenvalue weighted by Gasteiger charge is 2.45. The molecule has 4 atom stereocenters. The summed E-state index contributed by atoms with van der Waals surface area (Å²) in [6, 6.07) is 6.36. The van der Waals surface area contributed by atoms with Crippen molar-refractivity contribution in [2.75, 3.05) is 20.2 Å². The monoisotopic (exact) mass is 314 g/mol. The summed E-state index contributed by atoms with van der Waals surface area (Å²) in [4.78, 5) is 14.4. The molecule has 1 aliphatic heterocycles. The number of carbonyl (C=O) groups excluding carboxylic acids is 1. The molecule has 1 N–H and O–H groups in total. The number of ether oxygens (including phenoxy) is 1. The Morgan fingerprint density at radius 3 is 3.09 bits per heavy atom. The van der Waals surface area contributed by atoms with Crippen molar-refractivity contribution < 1.29 is 14.2 Å². The van der Waals surface area contributed by atoms with Gasteiger partial charge in [-0.05, 0) is 23.6 Å². The van der Waals surface area contributed by atoms with Gasteiger partial charge in [0.2, 0.25) is 0 Å². The second-order valence-corrected chi connectivity index (χ2v) is 7.22. The van der Waals surface area contributed by atoms with E-state index >= 15 is 0 Å². The lowest BCUT2D eigenvalue weighted by atomic mass is 9.72. The van der Waals surface area contributed by atoms with Gasteiger partial charge in [-0.1, -0.05) is 12.1 Å². The Morgan fingerprint density at radius 2 is 2.30 bits per heavy atom. The number of carbonyl (C=O) groups is 1. The van der Waals surface area contributed by atoms with Crippen molar-refractivity contribution in [3.63, 3.8) is 0 Å². The normalized spacial score (nSPS) is 32.6. The molecule has 122 valence electrons. The number of likely N-dealkylation sites (N-methyl/N-ethyl adjacent to an activating group) is 1. The second-order valence-electron chi connectivity index (χ2n) is 7.22. The van der Waals surface area contributed by atoms with Crippen LogP contribution in [-0.2, 0) is 16.0 Å². The minimum absolute atomic E-state index is 0.0532. The minimum Gasteiger partial charge on any atom is -0.633 e. The van der Waals surface area contributed by atoms with Crippen molar-refractivity contribution in [1.29, 1.82) is 0 Å². The van der Waals surface area contributed by atoms with Crippen molar-refractivity contribution in [1.82, 2.24) is 4.98 Å². The van der Waals surface area contributed by atoms with Crippen molar-refractivity contribution in [2.45, 2.75) is 31.7 Å². The van der Waals surface area contributed by atoms with Crippen molar-refractivity contribution >= 4 is 16.9 Å². The number of esters is 1. The van der Waals surface area contributed by atoms with Gasteiger partial charge in [-0.3, -0.25) is 4.79 Å². The van der Waals surface area contributed by atoms with Crippen LogP contribution in [0.4, 0.5) is 0 Å². The molecule has 2 aromatic rings. The van der Waals surface area contributed by atoms with E-state index in [1.807, 2.05) is 0 Å². The summed E-state index contributed by atoms with van der Waals surface area (Å²) < 4.78 is 4.94. The summed E-state index contributed by atoms with van der Waals surface area (Å²) in [7, 11) is 1.77. The summed E-state index contributed by atoms with van der Waals surface area (Å²) in [5.74, 6) is 0.0862. The Hall–Kier alpha value is -1.85. The Morgan fingerprint density at radius 1 is 1.48 bits per heavy atom. The van der Waals surface area contributed by atoms with Crippen molar-refractivity contribution in [2.24, 2.45) is 5.92 Å². The molecule has 0 radical (unpaired) electrons. The van der Waals surface area contributed by atoms with Crippen LogP contribution in [0.15, 0.2) is 24.4 Å². The lowest BCUT2D eigenvalue weighted by Gasteiger charge is -2.55. The molecule has 1 saturated heterocycles. The highest BCUT2D eigenvalue weighted by Crippen LogP contribution is 2.46. The number of rotatable bonds is 2. The van der Waals surface area contributed by atoms with Gasteiger partial charge in [0, 0.05) is 42.3 Å². The van der Waals surface area contributed by atoms with Crippen LogP contribution in [0.1, 0.15) is 30.4 Å². The van der Waals surface area contributed by atoms with Crippen LogP contribution < -0.4 is 0 Å². The number of nitrogens with one attached hydrogen (secondary N) is 1. The first-order chi connectivity index (χ1) is 11.0. The number of hydroxylamine groups is 3. The number of fused-ring (bicyclic) bond motifs is 2. The largest absolute Gasteiger partial charge is 0.633 e. The van der Waals surface area contributed by atoms with Crippen LogP contribution >= 0.6 is 0 Å². The first-order valence-electron chi connectivity index (χ1n) is 8.24. The number of benzene rings is 1. The van der Waals surface area contributed by atoms with Gasteiger partial charge in [-0.25, -0.2) is 0 Å². The van der Waals surface area contributed by atoms with E-state index in [1.165, 1.54) is 23.4 Å². The van der Waals surface area contributed by atoms with E-state index in [4.69, 9.17) is 4.74 Å². The van der Waals surface area contributed by atoms with Crippen LogP contribution in [-0.4, -0.2) is 41.8 Å². The fraction of sp³-hybridized carbons (Fsp3) is 0.500. The summed E-state index contributed by atoms with van der Waals surface area (Å²) in [5.41, 5.74) is 3.69. The van der Waals surface area contributed by atoms with Gasteiger partial charge < -0.3 is 19.6 Å². The van der Waals surface area contributed by atoms with Crippen LogP contribution in [0.5, 0.6) is 0 Å². The molecule has 1 aliphatic carbocycles. The van der Waals surface area contributed by atoms with E-state index in [2.05, 4.69) is 29.4 Å². The number of H-pyrrole nitrogens is 1.